The third-order valence-electron chi connectivity index (χ3n) is 5.00. The van der Waals surface area contributed by atoms with Gasteiger partial charge in [-0.1, -0.05) is 0 Å². The second-order valence-electron chi connectivity index (χ2n) is 6.49. The zero-order valence-corrected chi connectivity index (χ0v) is 14.6. The van der Waals surface area contributed by atoms with Gasteiger partial charge in [-0.3, -0.25) is 4.79 Å². The molecule has 0 unspecified atom stereocenters. The number of carbonyl (C=O) groups excluding carboxylic acids is 1. The number of benzene rings is 2. The molecule has 4 rings (SSSR count). The molecule has 0 radical (unpaired) electrons. The third-order valence-corrected chi connectivity index (χ3v) is 5.00. The summed E-state index contributed by atoms with van der Waals surface area (Å²) in [4.78, 5) is 16.2. The van der Waals surface area contributed by atoms with Gasteiger partial charge >= 0.3 is 0 Å². The molecule has 2 N–H and O–H groups in total. The van der Waals surface area contributed by atoms with E-state index in [4.69, 9.17) is 9.47 Å². The second kappa shape index (κ2) is 6.05. The number of aromatic nitrogens is 1. The Labute approximate surface area is 150 Å². The van der Waals surface area contributed by atoms with Crippen molar-refractivity contribution in [2.45, 2.75) is 18.3 Å². The Morgan fingerprint density at radius 1 is 1.15 bits per heavy atom. The van der Waals surface area contributed by atoms with Gasteiger partial charge in [-0.2, -0.15) is 0 Å². The van der Waals surface area contributed by atoms with E-state index in [1.54, 1.807) is 44.7 Å². The second-order valence-corrected chi connectivity index (χ2v) is 6.49. The van der Waals surface area contributed by atoms with Gasteiger partial charge in [-0.05, 0) is 48.7 Å². The first-order valence-corrected chi connectivity index (χ1v) is 8.38. The minimum Gasteiger partial charge on any atom is -0.497 e. The van der Waals surface area contributed by atoms with Crippen LogP contribution in [0.5, 0.6) is 11.5 Å². The maximum absolute atomic E-state index is 13.7. The average Bonchev–Trinajstić information content (AvgIpc) is 3.35. The molecule has 6 heteroatoms. The van der Waals surface area contributed by atoms with Crippen LogP contribution in [0.25, 0.3) is 10.9 Å². The monoisotopic (exact) mass is 354 g/mol. The van der Waals surface area contributed by atoms with Gasteiger partial charge in [0, 0.05) is 23.2 Å². The number of fused-ring (bicyclic) bond motifs is 1. The van der Waals surface area contributed by atoms with Gasteiger partial charge in [0.15, 0.2) is 0 Å². The average molecular weight is 354 g/mol. The van der Waals surface area contributed by atoms with E-state index in [1.807, 2.05) is 0 Å². The summed E-state index contributed by atoms with van der Waals surface area (Å²) in [7, 11) is 3.11. The fraction of sp³-hybridized carbons (Fsp3) is 0.250. The number of H-pyrrole nitrogens is 1. The SMILES string of the molecule is COc1ccc(OC)c(NC(=O)C2(c3c[nH]c4ccc(F)cc34)CC2)c1. The van der Waals surface area contributed by atoms with Crippen molar-refractivity contribution >= 4 is 22.5 Å². The lowest BCUT2D eigenvalue weighted by atomic mass is 9.94. The molecule has 0 atom stereocenters. The zero-order valence-electron chi connectivity index (χ0n) is 14.6. The fourth-order valence-electron chi connectivity index (χ4n) is 3.39. The van der Waals surface area contributed by atoms with E-state index >= 15 is 0 Å². The molecule has 134 valence electrons. The molecule has 2 aromatic carbocycles. The first-order valence-electron chi connectivity index (χ1n) is 8.38. The summed E-state index contributed by atoms with van der Waals surface area (Å²) in [5.41, 5.74) is 1.54. The topological polar surface area (TPSA) is 63.4 Å². The Bertz CT molecular complexity index is 992. The highest BCUT2D eigenvalue weighted by molar-refractivity contribution is 6.05. The Kier molecular flexibility index (Phi) is 3.83. The smallest absolute Gasteiger partial charge is 0.235 e. The Morgan fingerprint density at radius 2 is 1.96 bits per heavy atom. The molecule has 5 nitrogen and oxygen atoms in total. The molecule has 0 bridgehead atoms. The van der Waals surface area contributed by atoms with Crippen LogP contribution in [0.2, 0.25) is 0 Å². The number of hydrogen-bond acceptors (Lipinski definition) is 3. The van der Waals surface area contributed by atoms with Gasteiger partial charge in [0.2, 0.25) is 5.91 Å². The van der Waals surface area contributed by atoms with Gasteiger partial charge in [-0.15, -0.1) is 0 Å². The number of rotatable bonds is 5. The maximum Gasteiger partial charge on any atom is 0.235 e. The minimum atomic E-state index is -0.653. The van der Waals surface area contributed by atoms with Crippen molar-refractivity contribution in [2.24, 2.45) is 0 Å². The largest absolute Gasteiger partial charge is 0.497 e. The number of halogens is 1. The van der Waals surface area contributed by atoms with Crippen LogP contribution < -0.4 is 14.8 Å². The number of carbonyl (C=O) groups is 1. The van der Waals surface area contributed by atoms with Crippen LogP contribution in [0.15, 0.2) is 42.6 Å². The molecule has 26 heavy (non-hydrogen) atoms. The summed E-state index contributed by atoms with van der Waals surface area (Å²) in [6, 6.07) is 9.80. The summed E-state index contributed by atoms with van der Waals surface area (Å²) < 4.78 is 24.2. The van der Waals surface area contributed by atoms with Gasteiger partial charge in [0.1, 0.15) is 17.3 Å². The van der Waals surface area contributed by atoms with Crippen LogP contribution >= 0.6 is 0 Å². The first-order chi connectivity index (χ1) is 12.6. The standard InChI is InChI=1S/C20H19FN2O3/c1-25-13-4-6-18(26-2)17(10-13)23-19(24)20(7-8-20)15-11-22-16-5-3-12(21)9-14(15)16/h3-6,9-11,22H,7-8H2,1-2H3,(H,23,24). The summed E-state index contributed by atoms with van der Waals surface area (Å²) in [6.45, 7) is 0. The van der Waals surface area contributed by atoms with Crippen molar-refractivity contribution < 1.29 is 18.7 Å². The van der Waals surface area contributed by atoms with Crippen molar-refractivity contribution in [1.82, 2.24) is 4.98 Å². The van der Waals surface area contributed by atoms with Gasteiger partial charge in [0.05, 0.1) is 25.3 Å². The molecule has 3 aromatic rings. The molecule has 1 fully saturated rings. The fourth-order valence-corrected chi connectivity index (χ4v) is 3.39. The van der Waals surface area contributed by atoms with E-state index in [2.05, 4.69) is 10.3 Å². The molecule has 1 aliphatic carbocycles. The van der Waals surface area contributed by atoms with Gasteiger partial charge in [-0.25, -0.2) is 4.39 Å². The lowest BCUT2D eigenvalue weighted by Crippen LogP contribution is -2.27. The summed E-state index contributed by atoms with van der Waals surface area (Å²) in [5.74, 6) is 0.735. The maximum atomic E-state index is 13.7. The molecule has 1 saturated carbocycles. The van der Waals surface area contributed by atoms with Crippen LogP contribution in [0.4, 0.5) is 10.1 Å². The van der Waals surface area contributed by atoms with Crippen molar-refractivity contribution in [3.05, 3.63) is 54.0 Å². The Balaban J connectivity index is 1.69. The van der Waals surface area contributed by atoms with E-state index in [0.717, 1.165) is 16.5 Å². The van der Waals surface area contributed by atoms with E-state index in [9.17, 15) is 9.18 Å². The first kappa shape index (κ1) is 16.4. The Morgan fingerprint density at radius 3 is 2.65 bits per heavy atom. The summed E-state index contributed by atoms with van der Waals surface area (Å²) >= 11 is 0. The molecule has 0 spiro atoms. The minimum absolute atomic E-state index is 0.130. The number of anilines is 1. The predicted molar refractivity (Wildman–Crippen MR) is 97.3 cm³/mol. The molecule has 1 amide bonds. The Hall–Kier alpha value is -3.02. The van der Waals surface area contributed by atoms with Crippen molar-refractivity contribution in [3.63, 3.8) is 0 Å². The number of ether oxygens (including phenoxy) is 2. The lowest BCUT2D eigenvalue weighted by Gasteiger charge is -2.17. The summed E-state index contributed by atoms with van der Waals surface area (Å²) in [5, 5.41) is 3.70. The van der Waals surface area contributed by atoms with Crippen LogP contribution in [-0.2, 0) is 10.2 Å². The van der Waals surface area contributed by atoms with Crippen molar-refractivity contribution in [1.29, 1.82) is 0 Å². The lowest BCUT2D eigenvalue weighted by molar-refractivity contribution is -0.118. The number of hydrogen-bond donors (Lipinski definition) is 2. The van der Waals surface area contributed by atoms with Crippen LogP contribution in [-0.4, -0.2) is 25.1 Å². The van der Waals surface area contributed by atoms with Crippen molar-refractivity contribution in [3.8, 4) is 11.5 Å². The molecular formula is C20H19FN2O3. The molecule has 0 aliphatic heterocycles. The number of amides is 1. The normalized spacial score (nSPS) is 14.9. The highest BCUT2D eigenvalue weighted by Gasteiger charge is 2.52. The van der Waals surface area contributed by atoms with E-state index in [-0.39, 0.29) is 11.7 Å². The molecule has 1 aliphatic rings. The van der Waals surface area contributed by atoms with Crippen molar-refractivity contribution in [2.75, 3.05) is 19.5 Å². The predicted octanol–water partition coefficient (Wildman–Crippen LogP) is 3.99. The zero-order chi connectivity index (χ0) is 18.3. The molecular weight excluding hydrogens is 335 g/mol. The van der Waals surface area contributed by atoms with Gasteiger partial charge < -0.3 is 19.8 Å². The number of methoxy groups -OCH3 is 2. The van der Waals surface area contributed by atoms with Crippen LogP contribution in [0.3, 0.4) is 0 Å². The van der Waals surface area contributed by atoms with Crippen LogP contribution in [0.1, 0.15) is 18.4 Å². The highest BCUT2D eigenvalue weighted by Crippen LogP contribution is 2.51. The van der Waals surface area contributed by atoms with Crippen LogP contribution in [0, 0.1) is 5.82 Å². The van der Waals surface area contributed by atoms with Gasteiger partial charge in [0.25, 0.3) is 0 Å². The molecule has 0 saturated heterocycles. The quantitative estimate of drug-likeness (QED) is 0.728. The highest BCUT2D eigenvalue weighted by atomic mass is 19.1. The number of nitrogens with one attached hydrogen (secondary N) is 2. The molecule has 1 heterocycles. The third kappa shape index (κ3) is 2.58. The van der Waals surface area contributed by atoms with E-state index < -0.39 is 5.41 Å². The van der Waals surface area contributed by atoms with E-state index in [1.165, 1.54) is 12.1 Å². The van der Waals surface area contributed by atoms with E-state index in [0.29, 0.717) is 30.0 Å². The number of aromatic amines is 1. The molecule has 1 aromatic heterocycles. The summed E-state index contributed by atoms with van der Waals surface area (Å²) in [6.07, 6.45) is 3.24.